The van der Waals surface area contributed by atoms with E-state index >= 15 is 0 Å². The van der Waals surface area contributed by atoms with Gasteiger partial charge in [-0.05, 0) is 36.8 Å². The van der Waals surface area contributed by atoms with Crippen LogP contribution in [-0.4, -0.2) is 24.5 Å². The highest BCUT2D eigenvalue weighted by molar-refractivity contribution is 6.02. The SMILES string of the molecule is CCCCCCOC(=O)c1ccc(NC(=O)/C=C/C(=O)[O-])cc1. The molecule has 124 valence electrons. The Kier molecular flexibility index (Phi) is 8.13. The summed E-state index contributed by atoms with van der Waals surface area (Å²) in [6, 6.07) is 6.15. The van der Waals surface area contributed by atoms with Gasteiger partial charge in [0.15, 0.2) is 0 Å². The molecule has 0 saturated heterocycles. The van der Waals surface area contributed by atoms with Gasteiger partial charge in [-0.3, -0.25) is 4.79 Å². The summed E-state index contributed by atoms with van der Waals surface area (Å²) in [5, 5.41) is 12.7. The van der Waals surface area contributed by atoms with Crippen LogP contribution in [0.3, 0.4) is 0 Å². The number of carboxylic acids is 1. The minimum Gasteiger partial charge on any atom is -0.545 e. The lowest BCUT2D eigenvalue weighted by molar-refractivity contribution is -0.297. The van der Waals surface area contributed by atoms with Crippen LogP contribution in [0.4, 0.5) is 5.69 Å². The number of esters is 1. The maximum atomic E-state index is 11.8. The molecule has 0 aliphatic rings. The predicted molar refractivity (Wildman–Crippen MR) is 83.6 cm³/mol. The summed E-state index contributed by atoms with van der Waals surface area (Å²) < 4.78 is 5.15. The number of unbranched alkanes of at least 4 members (excludes halogenated alkanes) is 3. The van der Waals surface area contributed by atoms with Crippen LogP contribution in [-0.2, 0) is 14.3 Å². The van der Waals surface area contributed by atoms with Gasteiger partial charge in [-0.25, -0.2) is 4.79 Å². The molecule has 1 aromatic rings. The first-order chi connectivity index (χ1) is 11.0. The molecular formula is C17H20NO5-. The highest BCUT2D eigenvalue weighted by atomic mass is 16.5. The Morgan fingerprint density at radius 3 is 2.39 bits per heavy atom. The molecule has 0 radical (unpaired) electrons. The number of nitrogens with one attached hydrogen (secondary N) is 1. The number of ether oxygens (including phenoxy) is 1. The predicted octanol–water partition coefficient (Wildman–Crippen LogP) is 1.67. The number of carbonyl (C=O) groups excluding carboxylic acids is 3. The van der Waals surface area contributed by atoms with Crippen molar-refractivity contribution in [2.75, 3.05) is 11.9 Å². The molecule has 0 unspecified atom stereocenters. The van der Waals surface area contributed by atoms with Crippen molar-refractivity contribution < 1.29 is 24.2 Å². The maximum absolute atomic E-state index is 11.8. The van der Waals surface area contributed by atoms with E-state index in [1.165, 1.54) is 12.1 Å². The molecule has 0 saturated carbocycles. The zero-order valence-electron chi connectivity index (χ0n) is 13.0. The Bertz CT molecular complexity index is 563. The molecule has 0 atom stereocenters. The highest BCUT2D eigenvalue weighted by Crippen LogP contribution is 2.11. The molecule has 0 spiro atoms. The molecule has 0 bridgehead atoms. The molecule has 6 heteroatoms. The largest absolute Gasteiger partial charge is 0.545 e. The molecule has 1 N–H and O–H groups in total. The average molecular weight is 318 g/mol. The average Bonchev–Trinajstić information content (AvgIpc) is 2.53. The number of amides is 1. The number of hydrogen-bond donors (Lipinski definition) is 1. The molecule has 0 aromatic heterocycles. The molecule has 0 aliphatic heterocycles. The first-order valence-corrected chi connectivity index (χ1v) is 7.50. The topological polar surface area (TPSA) is 95.5 Å². The second-order valence-corrected chi connectivity index (χ2v) is 4.92. The van der Waals surface area contributed by atoms with Crippen molar-refractivity contribution in [1.29, 1.82) is 0 Å². The lowest BCUT2D eigenvalue weighted by Crippen LogP contribution is -2.20. The Morgan fingerprint density at radius 1 is 1.09 bits per heavy atom. The van der Waals surface area contributed by atoms with Crippen molar-refractivity contribution >= 4 is 23.5 Å². The Labute approximate surface area is 135 Å². The standard InChI is InChI=1S/C17H21NO5/c1-2-3-4-5-12-23-17(22)13-6-8-14(9-7-13)18-15(19)10-11-16(20)21/h6-11H,2-5,12H2,1H3,(H,18,19)(H,20,21)/p-1/b11-10+. The van der Waals surface area contributed by atoms with Crippen LogP contribution in [0.25, 0.3) is 0 Å². The van der Waals surface area contributed by atoms with Crippen LogP contribution >= 0.6 is 0 Å². The molecule has 0 aliphatic carbocycles. The van der Waals surface area contributed by atoms with Crippen molar-refractivity contribution in [3.63, 3.8) is 0 Å². The van der Waals surface area contributed by atoms with E-state index in [2.05, 4.69) is 12.2 Å². The van der Waals surface area contributed by atoms with E-state index in [0.29, 0.717) is 23.9 Å². The second kappa shape index (κ2) is 10.2. The maximum Gasteiger partial charge on any atom is 0.338 e. The van der Waals surface area contributed by atoms with E-state index in [9.17, 15) is 19.5 Å². The fourth-order valence-corrected chi connectivity index (χ4v) is 1.79. The first-order valence-electron chi connectivity index (χ1n) is 7.50. The summed E-state index contributed by atoms with van der Waals surface area (Å²) in [7, 11) is 0. The Balaban J connectivity index is 2.44. The zero-order valence-corrected chi connectivity index (χ0v) is 13.0. The molecule has 1 rings (SSSR count). The van der Waals surface area contributed by atoms with E-state index in [4.69, 9.17) is 4.74 Å². The Morgan fingerprint density at radius 2 is 1.78 bits per heavy atom. The van der Waals surface area contributed by atoms with Gasteiger partial charge in [-0.1, -0.05) is 26.2 Å². The molecular weight excluding hydrogens is 298 g/mol. The summed E-state index contributed by atoms with van der Waals surface area (Å²) >= 11 is 0. The van der Waals surface area contributed by atoms with Crippen LogP contribution in [0.5, 0.6) is 0 Å². The van der Waals surface area contributed by atoms with Gasteiger partial charge >= 0.3 is 5.97 Å². The van der Waals surface area contributed by atoms with Crippen LogP contribution < -0.4 is 10.4 Å². The van der Waals surface area contributed by atoms with Crippen molar-refractivity contribution in [1.82, 2.24) is 0 Å². The molecule has 0 fully saturated rings. The van der Waals surface area contributed by atoms with Gasteiger partial charge < -0.3 is 20.0 Å². The van der Waals surface area contributed by atoms with Gasteiger partial charge in [0.05, 0.1) is 18.1 Å². The molecule has 0 heterocycles. The molecule has 6 nitrogen and oxygen atoms in total. The number of carbonyl (C=O) groups is 3. The van der Waals surface area contributed by atoms with Gasteiger partial charge in [-0.15, -0.1) is 0 Å². The number of rotatable bonds is 9. The van der Waals surface area contributed by atoms with Crippen LogP contribution in [0.2, 0.25) is 0 Å². The smallest absolute Gasteiger partial charge is 0.338 e. The summed E-state index contributed by atoms with van der Waals surface area (Å²) in [5.74, 6) is -2.45. The van der Waals surface area contributed by atoms with Crippen molar-refractivity contribution in [3.05, 3.63) is 42.0 Å². The third-order valence-electron chi connectivity index (χ3n) is 2.99. The quantitative estimate of drug-likeness (QED) is 0.424. The number of aliphatic carboxylic acids is 1. The van der Waals surface area contributed by atoms with Crippen molar-refractivity contribution in [2.45, 2.75) is 32.6 Å². The lowest BCUT2D eigenvalue weighted by Gasteiger charge is -2.06. The van der Waals surface area contributed by atoms with Gasteiger partial charge in [0.25, 0.3) is 0 Å². The minimum atomic E-state index is -1.45. The summed E-state index contributed by atoms with van der Waals surface area (Å²) in [6.07, 6.45) is 5.62. The normalized spacial score (nSPS) is 10.5. The van der Waals surface area contributed by atoms with Gasteiger partial charge in [0, 0.05) is 11.8 Å². The monoisotopic (exact) mass is 318 g/mol. The van der Waals surface area contributed by atoms with E-state index in [1.54, 1.807) is 12.1 Å². The fraction of sp³-hybridized carbons (Fsp3) is 0.353. The number of carboxylic acid groups (broad SMARTS) is 1. The number of benzene rings is 1. The van der Waals surface area contributed by atoms with Crippen LogP contribution in [0, 0.1) is 0 Å². The van der Waals surface area contributed by atoms with Gasteiger partial charge in [-0.2, -0.15) is 0 Å². The molecule has 23 heavy (non-hydrogen) atoms. The highest BCUT2D eigenvalue weighted by Gasteiger charge is 2.07. The summed E-state index contributed by atoms with van der Waals surface area (Å²) in [5.41, 5.74) is 0.835. The summed E-state index contributed by atoms with van der Waals surface area (Å²) in [6.45, 7) is 2.51. The van der Waals surface area contributed by atoms with E-state index < -0.39 is 17.8 Å². The fourth-order valence-electron chi connectivity index (χ4n) is 1.79. The van der Waals surface area contributed by atoms with Crippen LogP contribution in [0.1, 0.15) is 43.0 Å². The van der Waals surface area contributed by atoms with E-state index in [1.807, 2.05) is 0 Å². The molecule has 1 aromatic carbocycles. The number of hydrogen-bond acceptors (Lipinski definition) is 5. The lowest BCUT2D eigenvalue weighted by atomic mass is 10.2. The zero-order chi connectivity index (χ0) is 17.1. The van der Waals surface area contributed by atoms with E-state index in [0.717, 1.165) is 31.8 Å². The van der Waals surface area contributed by atoms with Crippen molar-refractivity contribution in [3.8, 4) is 0 Å². The minimum absolute atomic E-state index is 0.392. The first kappa shape index (κ1) is 18.4. The molecule has 1 amide bonds. The third kappa shape index (κ3) is 7.80. The number of anilines is 1. The van der Waals surface area contributed by atoms with E-state index in [-0.39, 0.29) is 0 Å². The van der Waals surface area contributed by atoms with Gasteiger partial charge in [0.2, 0.25) is 5.91 Å². The van der Waals surface area contributed by atoms with Crippen molar-refractivity contribution in [2.24, 2.45) is 0 Å². The Hall–Kier alpha value is -2.63. The third-order valence-corrected chi connectivity index (χ3v) is 2.99. The van der Waals surface area contributed by atoms with Crippen LogP contribution in [0.15, 0.2) is 36.4 Å². The second-order valence-electron chi connectivity index (χ2n) is 4.92. The van der Waals surface area contributed by atoms with Gasteiger partial charge in [0.1, 0.15) is 0 Å². The summed E-state index contributed by atoms with van der Waals surface area (Å²) in [4.78, 5) is 33.4.